The summed E-state index contributed by atoms with van der Waals surface area (Å²) < 4.78 is 0. The Morgan fingerprint density at radius 1 is 1.03 bits per heavy atom. The van der Waals surface area contributed by atoms with Crippen molar-refractivity contribution in [3.05, 3.63) is 47.7 Å². The van der Waals surface area contributed by atoms with Crippen molar-refractivity contribution < 1.29 is 4.79 Å². The van der Waals surface area contributed by atoms with E-state index in [1.54, 1.807) is 12.5 Å². The van der Waals surface area contributed by atoms with Crippen molar-refractivity contribution >= 4 is 11.7 Å². The molecule has 1 aliphatic carbocycles. The zero-order valence-electron chi connectivity index (χ0n) is 18.2. The van der Waals surface area contributed by atoms with Gasteiger partial charge in [0.05, 0.1) is 18.2 Å². The Kier molecular flexibility index (Phi) is 6.11. The first-order chi connectivity index (χ1) is 15.3. The molecule has 1 amide bonds. The second-order valence-electron chi connectivity index (χ2n) is 9.07. The first-order valence-corrected chi connectivity index (χ1v) is 11.8. The third-order valence-corrected chi connectivity index (χ3v) is 7.13. The van der Waals surface area contributed by atoms with Crippen LogP contribution in [0, 0.1) is 5.92 Å². The molecular formula is C24H32N6O. The normalized spacial score (nSPS) is 22.3. The Morgan fingerprint density at radius 2 is 1.94 bits per heavy atom. The number of hydrogen-bond acceptors (Lipinski definition) is 6. The first kappa shape index (κ1) is 20.4. The fourth-order valence-corrected chi connectivity index (χ4v) is 5.43. The summed E-state index contributed by atoms with van der Waals surface area (Å²) in [7, 11) is 0. The number of likely N-dealkylation sites (tertiary alicyclic amines) is 1. The van der Waals surface area contributed by atoms with Crippen molar-refractivity contribution in [1.29, 1.82) is 0 Å². The lowest BCUT2D eigenvalue weighted by atomic mass is 9.93. The van der Waals surface area contributed by atoms with Gasteiger partial charge < -0.3 is 10.2 Å². The van der Waals surface area contributed by atoms with Crippen LogP contribution < -0.4 is 10.2 Å². The standard InChI is InChI=1S/C24H32N6O/c31-24(26-15-19-6-1-2-11-25-19)18-5-4-12-30(16-18)20-9-13-29(14-10-20)23-21-7-3-8-22(21)27-17-28-23/h1-2,6,11,17-18,20H,3-5,7-10,12-16H2,(H,26,31)/t18-/m1/s1. The molecule has 0 aromatic carbocycles. The molecular weight excluding hydrogens is 388 g/mol. The van der Waals surface area contributed by atoms with Crippen molar-refractivity contribution in [2.75, 3.05) is 31.1 Å². The van der Waals surface area contributed by atoms with Crippen molar-refractivity contribution in [3.8, 4) is 0 Å². The van der Waals surface area contributed by atoms with E-state index in [2.05, 4.69) is 30.1 Å². The minimum atomic E-state index is 0.0839. The number of nitrogens with zero attached hydrogens (tertiary/aromatic N) is 5. The largest absolute Gasteiger partial charge is 0.356 e. The fourth-order valence-electron chi connectivity index (χ4n) is 5.43. The molecule has 1 N–H and O–H groups in total. The predicted molar refractivity (Wildman–Crippen MR) is 120 cm³/mol. The van der Waals surface area contributed by atoms with Gasteiger partial charge in [0, 0.05) is 43.1 Å². The lowest BCUT2D eigenvalue weighted by Crippen LogP contribution is -2.51. The number of aromatic nitrogens is 3. The molecule has 31 heavy (non-hydrogen) atoms. The lowest BCUT2D eigenvalue weighted by Gasteiger charge is -2.42. The van der Waals surface area contributed by atoms with Gasteiger partial charge in [0.2, 0.25) is 5.91 Å². The van der Waals surface area contributed by atoms with E-state index in [0.717, 1.165) is 70.4 Å². The SMILES string of the molecule is O=C(NCc1ccccn1)[C@@H]1CCCN(C2CCN(c3ncnc4c3CCC4)CC2)C1. The number of fused-ring (bicyclic) bond motifs is 1. The molecule has 2 aliphatic heterocycles. The number of rotatable bonds is 5. The average Bonchev–Trinajstić information content (AvgIpc) is 3.32. The van der Waals surface area contributed by atoms with Gasteiger partial charge in [0.15, 0.2) is 0 Å². The molecule has 2 aromatic rings. The Labute approximate surface area is 184 Å². The van der Waals surface area contributed by atoms with Gasteiger partial charge in [0.1, 0.15) is 12.1 Å². The van der Waals surface area contributed by atoms with Crippen LogP contribution in [0.1, 0.15) is 49.1 Å². The lowest BCUT2D eigenvalue weighted by molar-refractivity contribution is -0.127. The van der Waals surface area contributed by atoms with Crippen LogP contribution in [0.25, 0.3) is 0 Å². The summed E-state index contributed by atoms with van der Waals surface area (Å²) in [4.78, 5) is 31.2. The molecule has 0 radical (unpaired) electrons. The van der Waals surface area contributed by atoms with Gasteiger partial charge in [-0.2, -0.15) is 0 Å². The maximum absolute atomic E-state index is 12.8. The van der Waals surface area contributed by atoms with Crippen molar-refractivity contribution in [2.24, 2.45) is 5.92 Å². The van der Waals surface area contributed by atoms with E-state index in [1.807, 2.05) is 18.2 Å². The molecule has 7 heteroatoms. The number of nitrogens with one attached hydrogen (secondary N) is 1. The minimum Gasteiger partial charge on any atom is -0.356 e. The number of pyridine rings is 1. The number of hydrogen-bond donors (Lipinski definition) is 1. The number of carbonyl (C=O) groups excluding carboxylic acids is 1. The van der Waals surface area contributed by atoms with Crippen LogP contribution in [0.2, 0.25) is 0 Å². The molecule has 1 atom stereocenters. The highest BCUT2D eigenvalue weighted by molar-refractivity contribution is 5.78. The van der Waals surface area contributed by atoms with Gasteiger partial charge in [-0.25, -0.2) is 9.97 Å². The molecule has 0 bridgehead atoms. The quantitative estimate of drug-likeness (QED) is 0.801. The second-order valence-corrected chi connectivity index (χ2v) is 9.07. The maximum atomic E-state index is 12.8. The summed E-state index contributed by atoms with van der Waals surface area (Å²) in [6.45, 7) is 4.58. The predicted octanol–water partition coefficient (Wildman–Crippen LogP) is 2.36. The van der Waals surface area contributed by atoms with E-state index >= 15 is 0 Å². The van der Waals surface area contributed by atoms with E-state index < -0.39 is 0 Å². The monoisotopic (exact) mass is 420 g/mol. The molecule has 2 aromatic heterocycles. The summed E-state index contributed by atoms with van der Waals surface area (Å²) >= 11 is 0. The zero-order chi connectivity index (χ0) is 21.0. The highest BCUT2D eigenvalue weighted by atomic mass is 16.1. The fraction of sp³-hybridized carbons (Fsp3) is 0.583. The summed E-state index contributed by atoms with van der Waals surface area (Å²) in [5.74, 6) is 1.43. The van der Waals surface area contributed by atoms with Crippen LogP contribution in [0.3, 0.4) is 0 Å². The number of carbonyl (C=O) groups is 1. The van der Waals surface area contributed by atoms with E-state index in [4.69, 9.17) is 0 Å². The van der Waals surface area contributed by atoms with Crippen LogP contribution >= 0.6 is 0 Å². The highest BCUT2D eigenvalue weighted by Gasteiger charge is 2.32. The summed E-state index contributed by atoms with van der Waals surface area (Å²) in [5.41, 5.74) is 3.54. The topological polar surface area (TPSA) is 74.2 Å². The molecule has 4 heterocycles. The zero-order valence-corrected chi connectivity index (χ0v) is 18.2. The molecule has 7 nitrogen and oxygen atoms in total. The minimum absolute atomic E-state index is 0.0839. The number of amides is 1. The molecule has 2 saturated heterocycles. The third-order valence-electron chi connectivity index (χ3n) is 7.13. The molecule has 164 valence electrons. The maximum Gasteiger partial charge on any atom is 0.224 e. The van der Waals surface area contributed by atoms with Gasteiger partial charge in [-0.3, -0.25) is 14.7 Å². The van der Waals surface area contributed by atoms with Crippen LogP contribution in [0.15, 0.2) is 30.7 Å². The molecule has 2 fully saturated rings. The van der Waals surface area contributed by atoms with Gasteiger partial charge in [0.25, 0.3) is 0 Å². The van der Waals surface area contributed by atoms with Gasteiger partial charge in [-0.1, -0.05) is 6.07 Å². The van der Waals surface area contributed by atoms with Crippen LogP contribution in [0.5, 0.6) is 0 Å². The average molecular weight is 421 g/mol. The van der Waals surface area contributed by atoms with Crippen molar-refractivity contribution in [3.63, 3.8) is 0 Å². The summed E-state index contributed by atoms with van der Waals surface area (Å²) in [6.07, 6.45) is 11.3. The Hall–Kier alpha value is -2.54. The Bertz CT molecular complexity index is 896. The van der Waals surface area contributed by atoms with Crippen molar-refractivity contribution in [2.45, 2.75) is 57.5 Å². The van der Waals surface area contributed by atoms with Crippen LogP contribution in [0.4, 0.5) is 5.82 Å². The Balaban J connectivity index is 1.14. The van der Waals surface area contributed by atoms with E-state index in [0.29, 0.717) is 12.6 Å². The molecule has 0 unspecified atom stereocenters. The summed E-state index contributed by atoms with van der Waals surface area (Å²) in [5, 5.41) is 3.09. The molecule has 3 aliphatic rings. The van der Waals surface area contributed by atoms with Gasteiger partial charge >= 0.3 is 0 Å². The van der Waals surface area contributed by atoms with Gasteiger partial charge in [-0.15, -0.1) is 0 Å². The smallest absolute Gasteiger partial charge is 0.224 e. The first-order valence-electron chi connectivity index (χ1n) is 11.8. The van der Waals surface area contributed by atoms with E-state index in [-0.39, 0.29) is 11.8 Å². The number of aryl methyl sites for hydroxylation is 1. The summed E-state index contributed by atoms with van der Waals surface area (Å²) in [6, 6.07) is 6.37. The molecule has 0 saturated carbocycles. The highest BCUT2D eigenvalue weighted by Crippen LogP contribution is 2.31. The van der Waals surface area contributed by atoms with Crippen LogP contribution in [-0.4, -0.2) is 58.0 Å². The Morgan fingerprint density at radius 3 is 2.77 bits per heavy atom. The van der Waals surface area contributed by atoms with Crippen LogP contribution in [-0.2, 0) is 24.2 Å². The second kappa shape index (κ2) is 9.30. The number of piperidine rings is 2. The molecule has 0 spiro atoms. The van der Waals surface area contributed by atoms with Crippen molar-refractivity contribution in [1.82, 2.24) is 25.2 Å². The van der Waals surface area contributed by atoms with Gasteiger partial charge in [-0.05, 0) is 63.6 Å². The van der Waals surface area contributed by atoms with E-state index in [9.17, 15) is 4.79 Å². The number of anilines is 1. The van der Waals surface area contributed by atoms with E-state index in [1.165, 1.54) is 23.5 Å². The molecule has 5 rings (SSSR count). The third kappa shape index (κ3) is 4.56.